The zero-order valence-corrected chi connectivity index (χ0v) is 15.1. The van der Waals surface area contributed by atoms with Gasteiger partial charge in [0.15, 0.2) is 0 Å². The Morgan fingerprint density at radius 1 is 1.29 bits per heavy atom. The van der Waals surface area contributed by atoms with Crippen LogP contribution in [0.15, 0.2) is 0 Å². The third kappa shape index (κ3) is 6.25. The highest BCUT2D eigenvalue weighted by Gasteiger charge is 2.29. The lowest BCUT2D eigenvalue weighted by Crippen LogP contribution is -2.58. The van der Waals surface area contributed by atoms with E-state index in [0.29, 0.717) is 23.8 Å². The monoisotopic (exact) mass is 318 g/mol. The minimum absolute atomic E-state index is 0.266. The largest absolute Gasteiger partial charge is 0.311 e. The van der Waals surface area contributed by atoms with Crippen molar-refractivity contribution in [3.63, 3.8) is 0 Å². The molecule has 1 aliphatic rings. The van der Waals surface area contributed by atoms with Crippen molar-refractivity contribution in [2.75, 3.05) is 31.1 Å². The average molecular weight is 319 g/mol. The Balaban J connectivity index is 2.54. The molecule has 5 heteroatoms. The highest BCUT2D eigenvalue weighted by atomic mass is 32.2. The fraction of sp³-hybridized carbons (Fsp3) is 1.00. The summed E-state index contributed by atoms with van der Waals surface area (Å²) in [5, 5.41) is 3.69. The molecule has 0 saturated carbocycles. The molecular formula is C16H34N2O2S. The number of rotatable bonds is 9. The fourth-order valence-corrected chi connectivity index (χ4v) is 3.93. The number of piperazine rings is 1. The van der Waals surface area contributed by atoms with Crippen LogP contribution in [0.4, 0.5) is 0 Å². The van der Waals surface area contributed by atoms with Crippen molar-refractivity contribution >= 4 is 9.84 Å². The molecule has 0 aromatic rings. The Hall–Kier alpha value is -0.130. The molecule has 0 aliphatic carbocycles. The summed E-state index contributed by atoms with van der Waals surface area (Å²) in [6.45, 7) is 11.5. The van der Waals surface area contributed by atoms with Gasteiger partial charge >= 0.3 is 0 Å². The zero-order valence-electron chi connectivity index (χ0n) is 14.3. The van der Waals surface area contributed by atoms with Crippen LogP contribution < -0.4 is 5.32 Å². The zero-order chi connectivity index (χ0) is 15.9. The molecule has 1 heterocycles. The lowest BCUT2D eigenvalue weighted by molar-refractivity contribution is 0.103. The van der Waals surface area contributed by atoms with Gasteiger partial charge in [-0.3, -0.25) is 4.90 Å². The lowest BCUT2D eigenvalue weighted by Gasteiger charge is -2.42. The van der Waals surface area contributed by atoms with E-state index in [-0.39, 0.29) is 5.75 Å². The first-order valence-electron chi connectivity index (χ1n) is 8.61. The van der Waals surface area contributed by atoms with Gasteiger partial charge in [0.25, 0.3) is 0 Å². The number of hydrogen-bond acceptors (Lipinski definition) is 4. The van der Waals surface area contributed by atoms with E-state index in [1.54, 1.807) is 6.92 Å². The molecule has 0 spiro atoms. The van der Waals surface area contributed by atoms with Crippen LogP contribution in [0.3, 0.4) is 0 Å². The highest BCUT2D eigenvalue weighted by Crippen LogP contribution is 2.18. The van der Waals surface area contributed by atoms with E-state index in [1.165, 1.54) is 19.3 Å². The lowest BCUT2D eigenvalue weighted by atomic mass is 9.94. The Morgan fingerprint density at radius 2 is 2.00 bits per heavy atom. The van der Waals surface area contributed by atoms with E-state index in [2.05, 4.69) is 31.0 Å². The predicted molar refractivity (Wildman–Crippen MR) is 90.5 cm³/mol. The summed E-state index contributed by atoms with van der Waals surface area (Å²) in [5.41, 5.74) is 0. The summed E-state index contributed by atoms with van der Waals surface area (Å²) in [5.74, 6) is 1.28. The van der Waals surface area contributed by atoms with Gasteiger partial charge in [-0.15, -0.1) is 0 Å². The summed E-state index contributed by atoms with van der Waals surface area (Å²) in [4.78, 5) is 2.53. The van der Waals surface area contributed by atoms with Crippen molar-refractivity contribution < 1.29 is 8.42 Å². The number of nitrogens with one attached hydrogen (secondary N) is 1. The summed E-state index contributed by atoms with van der Waals surface area (Å²) >= 11 is 0. The molecule has 3 atom stereocenters. The second kappa shape index (κ2) is 9.11. The van der Waals surface area contributed by atoms with Gasteiger partial charge in [0, 0.05) is 30.9 Å². The molecule has 21 heavy (non-hydrogen) atoms. The molecule has 0 radical (unpaired) electrons. The molecule has 3 unspecified atom stereocenters. The van der Waals surface area contributed by atoms with Crippen LogP contribution in [-0.4, -0.2) is 56.5 Å². The van der Waals surface area contributed by atoms with Crippen molar-refractivity contribution in [3.05, 3.63) is 0 Å². The standard InChI is InChI=1S/C16H34N2O2S/c1-5-9-15-12-17-16(14(4)6-2)13-18(15)10-8-11-21(19,20)7-3/h14-17H,5-13H2,1-4H3. The average Bonchev–Trinajstić information content (AvgIpc) is 2.48. The number of sulfone groups is 1. The maximum absolute atomic E-state index is 11.6. The topological polar surface area (TPSA) is 49.4 Å². The first kappa shape index (κ1) is 18.9. The molecular weight excluding hydrogens is 284 g/mol. The van der Waals surface area contributed by atoms with Crippen LogP contribution in [0, 0.1) is 5.92 Å². The van der Waals surface area contributed by atoms with Crippen molar-refractivity contribution in [1.29, 1.82) is 0 Å². The minimum atomic E-state index is -2.83. The van der Waals surface area contributed by atoms with Crippen LogP contribution in [0.2, 0.25) is 0 Å². The van der Waals surface area contributed by atoms with Crippen molar-refractivity contribution in [1.82, 2.24) is 10.2 Å². The van der Waals surface area contributed by atoms with Crippen LogP contribution in [0.25, 0.3) is 0 Å². The number of hydrogen-bond donors (Lipinski definition) is 1. The van der Waals surface area contributed by atoms with Gasteiger partial charge in [0.05, 0.1) is 5.75 Å². The summed E-state index contributed by atoms with van der Waals surface area (Å²) in [6, 6.07) is 1.12. The first-order valence-corrected chi connectivity index (χ1v) is 10.4. The summed E-state index contributed by atoms with van der Waals surface area (Å²) < 4.78 is 23.3. The van der Waals surface area contributed by atoms with Crippen molar-refractivity contribution in [3.8, 4) is 0 Å². The molecule has 0 bridgehead atoms. The first-order chi connectivity index (χ1) is 9.93. The molecule has 0 aromatic heterocycles. The second-order valence-electron chi connectivity index (χ2n) is 6.43. The van der Waals surface area contributed by atoms with Crippen molar-refractivity contribution in [2.45, 2.75) is 65.5 Å². The molecule has 1 N–H and O–H groups in total. The number of nitrogens with zero attached hydrogens (tertiary/aromatic N) is 1. The molecule has 1 rings (SSSR count). The van der Waals surface area contributed by atoms with Gasteiger partial charge in [0.1, 0.15) is 9.84 Å². The Bertz CT molecular complexity index is 384. The Morgan fingerprint density at radius 3 is 2.57 bits per heavy atom. The van der Waals surface area contributed by atoms with Crippen molar-refractivity contribution in [2.24, 2.45) is 5.92 Å². The third-order valence-electron chi connectivity index (χ3n) is 4.86. The van der Waals surface area contributed by atoms with Crippen LogP contribution in [0.1, 0.15) is 53.4 Å². The van der Waals surface area contributed by atoms with Gasteiger partial charge in [0.2, 0.25) is 0 Å². The molecule has 126 valence electrons. The maximum atomic E-state index is 11.6. The summed E-state index contributed by atoms with van der Waals surface area (Å²) in [6.07, 6.45) is 4.34. The molecule has 0 aromatic carbocycles. The molecule has 1 saturated heterocycles. The van der Waals surface area contributed by atoms with E-state index in [9.17, 15) is 8.42 Å². The van der Waals surface area contributed by atoms with E-state index >= 15 is 0 Å². The maximum Gasteiger partial charge on any atom is 0.150 e. The molecule has 0 amide bonds. The quantitative estimate of drug-likeness (QED) is 0.709. The smallest absolute Gasteiger partial charge is 0.150 e. The fourth-order valence-electron chi connectivity index (χ4n) is 3.07. The van der Waals surface area contributed by atoms with E-state index < -0.39 is 9.84 Å². The Labute approximate surface area is 131 Å². The second-order valence-corrected chi connectivity index (χ2v) is 8.90. The van der Waals surface area contributed by atoms with Crippen LogP contribution in [-0.2, 0) is 9.84 Å². The normalized spacial score (nSPS) is 25.9. The van der Waals surface area contributed by atoms with Gasteiger partial charge in [-0.2, -0.15) is 0 Å². The predicted octanol–water partition coefficient (Wildman–Crippen LogP) is 2.30. The minimum Gasteiger partial charge on any atom is -0.311 e. The Kier molecular flexibility index (Phi) is 8.21. The summed E-state index contributed by atoms with van der Waals surface area (Å²) in [7, 11) is -2.83. The van der Waals surface area contributed by atoms with E-state index in [4.69, 9.17) is 0 Å². The van der Waals surface area contributed by atoms with Crippen LogP contribution >= 0.6 is 0 Å². The van der Waals surface area contributed by atoms with Crippen LogP contribution in [0.5, 0.6) is 0 Å². The van der Waals surface area contributed by atoms with E-state index in [1.807, 2.05) is 0 Å². The van der Waals surface area contributed by atoms with Gasteiger partial charge in [-0.25, -0.2) is 8.42 Å². The molecule has 1 fully saturated rings. The SMILES string of the molecule is CCCC1CNC(C(C)CC)CN1CCCS(=O)(=O)CC. The molecule has 1 aliphatic heterocycles. The molecule has 4 nitrogen and oxygen atoms in total. The van der Waals surface area contributed by atoms with Gasteiger partial charge < -0.3 is 5.32 Å². The highest BCUT2D eigenvalue weighted by molar-refractivity contribution is 7.91. The van der Waals surface area contributed by atoms with Gasteiger partial charge in [-0.1, -0.05) is 40.5 Å². The van der Waals surface area contributed by atoms with Gasteiger partial charge in [-0.05, 0) is 25.3 Å². The van der Waals surface area contributed by atoms with E-state index in [0.717, 1.165) is 26.1 Å². The third-order valence-corrected chi connectivity index (χ3v) is 6.65.